The quantitative estimate of drug-likeness (QED) is 0.732. The summed E-state index contributed by atoms with van der Waals surface area (Å²) >= 11 is 0. The minimum atomic E-state index is -0.649. The van der Waals surface area contributed by atoms with Crippen molar-refractivity contribution in [3.8, 4) is 5.75 Å². The summed E-state index contributed by atoms with van der Waals surface area (Å²) in [5.74, 6) is -1.18. The van der Waals surface area contributed by atoms with Gasteiger partial charge < -0.3 is 14.5 Å². The highest BCUT2D eigenvalue weighted by molar-refractivity contribution is 6.03. The summed E-state index contributed by atoms with van der Waals surface area (Å²) in [7, 11) is 0. The number of carbonyl (C=O) groups excluding carboxylic acids is 4. The molecule has 0 aliphatic carbocycles. The Kier molecular flexibility index (Phi) is 5.49. The number of amides is 4. The number of fused-ring (bicyclic) bond motifs is 1. The molecule has 166 valence electrons. The highest BCUT2D eigenvalue weighted by Gasteiger charge is 2.41. The molecule has 1 aromatic carbocycles. The van der Waals surface area contributed by atoms with Crippen LogP contribution in [0.1, 0.15) is 80.3 Å². The van der Waals surface area contributed by atoms with Crippen LogP contribution in [0.3, 0.4) is 0 Å². The van der Waals surface area contributed by atoms with E-state index < -0.39 is 23.5 Å². The average molecular weight is 428 g/mol. The smallest absolute Gasteiger partial charge is 0.410 e. The maximum Gasteiger partial charge on any atom is 0.415 e. The molecule has 0 saturated carbocycles. The minimum Gasteiger partial charge on any atom is -0.410 e. The SMILES string of the molecule is CC(C)(C)N1Cc2c(ccc(OC(=O)N3CCCCC3)c2C2CCC(=O)NC2=O)C1=O. The number of likely N-dealkylation sites (tertiary alicyclic amines) is 1. The van der Waals surface area contributed by atoms with Gasteiger partial charge in [0, 0.05) is 42.7 Å². The van der Waals surface area contributed by atoms with E-state index in [1.54, 1.807) is 21.9 Å². The predicted octanol–water partition coefficient (Wildman–Crippen LogP) is 2.95. The number of nitrogens with one attached hydrogen (secondary N) is 1. The fraction of sp³-hybridized carbons (Fsp3) is 0.565. The maximum atomic E-state index is 13.0. The van der Waals surface area contributed by atoms with Crippen LogP contribution in [0.15, 0.2) is 12.1 Å². The number of hydrogen-bond acceptors (Lipinski definition) is 5. The number of rotatable bonds is 2. The van der Waals surface area contributed by atoms with Crippen molar-refractivity contribution in [1.29, 1.82) is 0 Å². The molecule has 8 heteroatoms. The van der Waals surface area contributed by atoms with Crippen molar-refractivity contribution in [2.24, 2.45) is 0 Å². The molecule has 0 spiro atoms. The Morgan fingerprint density at radius 3 is 2.45 bits per heavy atom. The Morgan fingerprint density at radius 2 is 1.81 bits per heavy atom. The van der Waals surface area contributed by atoms with E-state index in [0.717, 1.165) is 19.3 Å². The molecule has 3 heterocycles. The van der Waals surface area contributed by atoms with Gasteiger partial charge in [-0.25, -0.2) is 4.79 Å². The fourth-order valence-electron chi connectivity index (χ4n) is 4.61. The van der Waals surface area contributed by atoms with Crippen LogP contribution in [-0.4, -0.2) is 52.2 Å². The minimum absolute atomic E-state index is 0.107. The van der Waals surface area contributed by atoms with Gasteiger partial charge in [0.1, 0.15) is 5.75 Å². The van der Waals surface area contributed by atoms with Gasteiger partial charge in [0.15, 0.2) is 0 Å². The number of ether oxygens (including phenoxy) is 1. The monoisotopic (exact) mass is 427 g/mol. The zero-order valence-corrected chi connectivity index (χ0v) is 18.3. The molecule has 8 nitrogen and oxygen atoms in total. The second-order valence-electron chi connectivity index (χ2n) is 9.48. The van der Waals surface area contributed by atoms with E-state index in [1.807, 2.05) is 20.8 Å². The first-order chi connectivity index (χ1) is 14.7. The molecular weight excluding hydrogens is 398 g/mol. The average Bonchev–Trinajstić information content (AvgIpc) is 3.06. The standard InChI is InChI=1S/C23H29N3O5/c1-23(2,3)26-13-16-14(21(26)29)7-9-17(31-22(30)25-11-5-4-6-12-25)19(16)15-8-10-18(27)24-20(15)28/h7,9,15H,4-6,8,10-13H2,1-3H3,(H,24,27,28). The van der Waals surface area contributed by atoms with Crippen molar-refractivity contribution >= 4 is 23.8 Å². The molecule has 0 bridgehead atoms. The summed E-state index contributed by atoms with van der Waals surface area (Å²) in [6, 6.07) is 3.29. The second kappa shape index (κ2) is 7.98. The lowest BCUT2D eigenvalue weighted by molar-refractivity contribution is -0.134. The first-order valence-corrected chi connectivity index (χ1v) is 10.9. The molecule has 0 aromatic heterocycles. The number of nitrogens with zero attached hydrogens (tertiary/aromatic N) is 2. The normalized spacial score (nSPS) is 21.8. The van der Waals surface area contributed by atoms with Crippen LogP contribution in [0.5, 0.6) is 5.75 Å². The van der Waals surface area contributed by atoms with Gasteiger partial charge in [0.05, 0.1) is 5.92 Å². The van der Waals surface area contributed by atoms with Crippen molar-refractivity contribution in [3.05, 3.63) is 28.8 Å². The molecule has 4 amide bonds. The van der Waals surface area contributed by atoms with E-state index in [2.05, 4.69) is 5.32 Å². The molecule has 1 atom stereocenters. The number of carbonyl (C=O) groups is 4. The Balaban J connectivity index is 1.74. The first kappa shape index (κ1) is 21.3. The lowest BCUT2D eigenvalue weighted by atomic mass is 9.85. The van der Waals surface area contributed by atoms with Gasteiger partial charge in [0.25, 0.3) is 5.91 Å². The number of hydrogen-bond donors (Lipinski definition) is 1. The maximum absolute atomic E-state index is 13.0. The van der Waals surface area contributed by atoms with Crippen LogP contribution in [0.25, 0.3) is 0 Å². The topological polar surface area (TPSA) is 96.0 Å². The van der Waals surface area contributed by atoms with Crippen molar-refractivity contribution in [2.75, 3.05) is 13.1 Å². The highest BCUT2D eigenvalue weighted by atomic mass is 16.6. The summed E-state index contributed by atoms with van der Waals surface area (Å²) in [5, 5.41) is 2.39. The van der Waals surface area contributed by atoms with Crippen LogP contribution in [0.2, 0.25) is 0 Å². The van der Waals surface area contributed by atoms with Gasteiger partial charge in [-0.1, -0.05) is 0 Å². The molecule has 2 saturated heterocycles. The highest BCUT2D eigenvalue weighted by Crippen LogP contribution is 2.41. The van der Waals surface area contributed by atoms with Gasteiger partial charge in [-0.05, 0) is 64.2 Å². The lowest BCUT2D eigenvalue weighted by Gasteiger charge is -2.32. The molecule has 1 aromatic rings. The zero-order chi connectivity index (χ0) is 22.3. The number of benzene rings is 1. The van der Waals surface area contributed by atoms with Crippen molar-refractivity contribution in [3.63, 3.8) is 0 Å². The van der Waals surface area contributed by atoms with Crippen molar-refractivity contribution in [1.82, 2.24) is 15.1 Å². The molecule has 31 heavy (non-hydrogen) atoms. The van der Waals surface area contributed by atoms with Crippen LogP contribution in [0, 0.1) is 0 Å². The van der Waals surface area contributed by atoms with Gasteiger partial charge >= 0.3 is 6.09 Å². The van der Waals surface area contributed by atoms with E-state index in [1.165, 1.54) is 0 Å². The summed E-state index contributed by atoms with van der Waals surface area (Å²) in [6.45, 7) is 7.50. The molecule has 4 rings (SSSR count). The molecule has 2 fully saturated rings. The van der Waals surface area contributed by atoms with Gasteiger partial charge in [-0.3, -0.25) is 19.7 Å². The number of imide groups is 1. The van der Waals surface area contributed by atoms with E-state index >= 15 is 0 Å². The summed E-state index contributed by atoms with van der Waals surface area (Å²) in [6.07, 6.45) is 3.05. The Bertz CT molecular complexity index is 943. The van der Waals surface area contributed by atoms with Crippen molar-refractivity contribution in [2.45, 2.75) is 70.9 Å². The summed E-state index contributed by atoms with van der Waals surface area (Å²) < 4.78 is 5.79. The Hall–Kier alpha value is -2.90. The molecule has 3 aliphatic rings. The van der Waals surface area contributed by atoms with Gasteiger partial charge in [0.2, 0.25) is 11.8 Å². The van der Waals surface area contributed by atoms with Crippen LogP contribution in [0.4, 0.5) is 4.79 Å². The van der Waals surface area contributed by atoms with E-state index in [9.17, 15) is 19.2 Å². The van der Waals surface area contributed by atoms with Crippen LogP contribution in [-0.2, 0) is 16.1 Å². The van der Waals surface area contributed by atoms with E-state index in [4.69, 9.17) is 4.74 Å². The largest absolute Gasteiger partial charge is 0.415 e. The third kappa shape index (κ3) is 4.03. The van der Waals surface area contributed by atoms with Gasteiger partial charge in [-0.2, -0.15) is 0 Å². The van der Waals surface area contributed by atoms with Gasteiger partial charge in [-0.15, -0.1) is 0 Å². The second-order valence-corrected chi connectivity index (χ2v) is 9.48. The molecule has 1 N–H and O–H groups in total. The van der Waals surface area contributed by atoms with Crippen LogP contribution >= 0.6 is 0 Å². The Labute approximate surface area is 181 Å². The third-order valence-corrected chi connectivity index (χ3v) is 6.32. The predicted molar refractivity (Wildman–Crippen MR) is 113 cm³/mol. The Morgan fingerprint density at radius 1 is 1.10 bits per heavy atom. The van der Waals surface area contributed by atoms with Crippen LogP contribution < -0.4 is 10.1 Å². The molecule has 3 aliphatic heterocycles. The number of piperidine rings is 2. The third-order valence-electron chi connectivity index (χ3n) is 6.32. The van der Waals surface area contributed by atoms with E-state index in [-0.39, 0.29) is 18.2 Å². The summed E-state index contributed by atoms with van der Waals surface area (Å²) in [4.78, 5) is 53.7. The molecule has 0 radical (unpaired) electrons. The lowest BCUT2D eigenvalue weighted by Crippen LogP contribution is -2.41. The zero-order valence-electron chi connectivity index (χ0n) is 18.3. The fourth-order valence-corrected chi connectivity index (χ4v) is 4.61. The van der Waals surface area contributed by atoms with E-state index in [0.29, 0.717) is 48.5 Å². The van der Waals surface area contributed by atoms with Crippen molar-refractivity contribution < 1.29 is 23.9 Å². The summed E-state index contributed by atoms with van der Waals surface area (Å²) in [5.41, 5.74) is 1.38. The first-order valence-electron chi connectivity index (χ1n) is 10.9. The molecule has 1 unspecified atom stereocenters. The molecular formula is C23H29N3O5.